The minimum atomic E-state index is -1.59. The van der Waals surface area contributed by atoms with Crippen molar-refractivity contribution >= 4 is 0 Å². The number of fused-ring (bicyclic) bond motifs is 1. The first-order chi connectivity index (χ1) is 9.02. The molecule has 0 amide bonds. The second kappa shape index (κ2) is 4.10. The molecule has 0 bridgehead atoms. The zero-order valence-corrected chi connectivity index (χ0v) is 9.96. The van der Waals surface area contributed by atoms with E-state index >= 15 is 0 Å². The molecule has 1 aliphatic rings. The van der Waals surface area contributed by atoms with Gasteiger partial charge in [-0.25, -0.2) is 13.2 Å². The normalized spacial score (nSPS) is 21.5. The number of aryl methyl sites for hydroxylation is 1. The SMILES string of the molecule is OC1(c2cccc(F)c2F)CCc2cc(F)ccc21. The summed E-state index contributed by atoms with van der Waals surface area (Å²) < 4.78 is 40.3. The molecule has 2 aromatic rings. The molecule has 1 N–H and O–H groups in total. The van der Waals surface area contributed by atoms with Crippen molar-refractivity contribution in [3.8, 4) is 0 Å². The van der Waals surface area contributed by atoms with E-state index < -0.39 is 23.1 Å². The van der Waals surface area contributed by atoms with Crippen LogP contribution in [-0.4, -0.2) is 5.11 Å². The fourth-order valence-corrected chi connectivity index (χ4v) is 2.73. The first-order valence-electron chi connectivity index (χ1n) is 5.98. The monoisotopic (exact) mass is 264 g/mol. The van der Waals surface area contributed by atoms with Crippen molar-refractivity contribution in [1.82, 2.24) is 0 Å². The smallest absolute Gasteiger partial charge is 0.165 e. The third-order valence-corrected chi connectivity index (χ3v) is 3.67. The van der Waals surface area contributed by atoms with Gasteiger partial charge in [0.05, 0.1) is 0 Å². The van der Waals surface area contributed by atoms with Gasteiger partial charge in [0.25, 0.3) is 0 Å². The summed E-state index contributed by atoms with van der Waals surface area (Å²) in [6.45, 7) is 0. The maximum atomic E-state index is 13.9. The van der Waals surface area contributed by atoms with Crippen LogP contribution in [0.15, 0.2) is 36.4 Å². The minimum absolute atomic E-state index is 0.0992. The molecule has 0 heterocycles. The summed E-state index contributed by atoms with van der Waals surface area (Å²) in [7, 11) is 0. The molecule has 2 aromatic carbocycles. The first kappa shape index (κ1) is 12.2. The lowest BCUT2D eigenvalue weighted by Gasteiger charge is -2.25. The van der Waals surface area contributed by atoms with Crippen molar-refractivity contribution in [2.24, 2.45) is 0 Å². The van der Waals surface area contributed by atoms with Gasteiger partial charge in [0.1, 0.15) is 11.4 Å². The van der Waals surface area contributed by atoms with Crippen molar-refractivity contribution in [3.05, 3.63) is 70.5 Å². The van der Waals surface area contributed by atoms with Gasteiger partial charge in [0, 0.05) is 5.56 Å². The van der Waals surface area contributed by atoms with Crippen LogP contribution in [0.25, 0.3) is 0 Å². The molecule has 0 aliphatic heterocycles. The molecule has 1 aliphatic carbocycles. The van der Waals surface area contributed by atoms with Gasteiger partial charge in [0.15, 0.2) is 11.6 Å². The van der Waals surface area contributed by atoms with E-state index in [2.05, 4.69) is 0 Å². The Hall–Kier alpha value is -1.81. The van der Waals surface area contributed by atoms with Gasteiger partial charge >= 0.3 is 0 Å². The molecule has 98 valence electrons. The molecule has 0 saturated carbocycles. The maximum absolute atomic E-state index is 13.9. The summed E-state index contributed by atoms with van der Waals surface area (Å²) in [4.78, 5) is 0. The average Bonchev–Trinajstić information content (AvgIpc) is 2.71. The summed E-state index contributed by atoms with van der Waals surface area (Å²) in [6.07, 6.45) is 0.645. The van der Waals surface area contributed by atoms with Gasteiger partial charge in [-0.2, -0.15) is 0 Å². The summed E-state index contributed by atoms with van der Waals surface area (Å²) in [5.74, 6) is -2.45. The number of hydrogen-bond donors (Lipinski definition) is 1. The summed E-state index contributed by atoms with van der Waals surface area (Å²) in [5.41, 5.74) is -0.614. The molecule has 4 heteroatoms. The van der Waals surface area contributed by atoms with E-state index in [1.54, 1.807) is 0 Å². The molecule has 0 aromatic heterocycles. The molecule has 0 spiro atoms. The predicted molar refractivity (Wildman–Crippen MR) is 64.1 cm³/mol. The van der Waals surface area contributed by atoms with E-state index in [9.17, 15) is 18.3 Å². The maximum Gasteiger partial charge on any atom is 0.165 e. The third-order valence-electron chi connectivity index (χ3n) is 3.67. The Bertz CT molecular complexity index is 654. The van der Waals surface area contributed by atoms with Crippen LogP contribution in [0.1, 0.15) is 23.1 Å². The summed E-state index contributed by atoms with van der Waals surface area (Å²) >= 11 is 0. The number of halogens is 3. The first-order valence-corrected chi connectivity index (χ1v) is 5.98. The molecular formula is C15H11F3O. The van der Waals surface area contributed by atoms with E-state index in [-0.39, 0.29) is 12.0 Å². The van der Waals surface area contributed by atoms with Gasteiger partial charge in [-0.1, -0.05) is 18.2 Å². The van der Waals surface area contributed by atoms with Crippen molar-refractivity contribution in [2.75, 3.05) is 0 Å². The van der Waals surface area contributed by atoms with E-state index in [1.807, 2.05) is 0 Å². The van der Waals surface area contributed by atoms with Gasteiger partial charge in [0.2, 0.25) is 0 Å². The Morgan fingerprint density at radius 1 is 1.00 bits per heavy atom. The van der Waals surface area contributed by atoms with E-state index in [0.717, 1.165) is 6.07 Å². The molecule has 19 heavy (non-hydrogen) atoms. The molecule has 1 atom stereocenters. The van der Waals surface area contributed by atoms with Crippen molar-refractivity contribution in [1.29, 1.82) is 0 Å². The summed E-state index contributed by atoms with van der Waals surface area (Å²) in [5, 5.41) is 10.7. The highest BCUT2D eigenvalue weighted by Crippen LogP contribution is 2.43. The van der Waals surface area contributed by atoms with Crippen LogP contribution < -0.4 is 0 Å². The second-order valence-electron chi connectivity index (χ2n) is 4.76. The second-order valence-corrected chi connectivity index (χ2v) is 4.76. The van der Waals surface area contributed by atoms with Crippen LogP contribution >= 0.6 is 0 Å². The lowest BCUT2D eigenvalue weighted by Crippen LogP contribution is -2.25. The molecule has 0 saturated heterocycles. The average molecular weight is 264 g/mol. The topological polar surface area (TPSA) is 20.2 Å². The molecule has 3 rings (SSSR count). The Morgan fingerprint density at radius 3 is 2.58 bits per heavy atom. The molecule has 1 unspecified atom stereocenters. The number of hydrogen-bond acceptors (Lipinski definition) is 1. The lowest BCUT2D eigenvalue weighted by molar-refractivity contribution is 0.0780. The highest BCUT2D eigenvalue weighted by molar-refractivity contribution is 5.45. The quantitative estimate of drug-likeness (QED) is 0.838. The number of benzene rings is 2. The van der Waals surface area contributed by atoms with Crippen LogP contribution in [0.3, 0.4) is 0 Å². The Balaban J connectivity index is 2.19. The van der Waals surface area contributed by atoms with Crippen molar-refractivity contribution in [2.45, 2.75) is 18.4 Å². The van der Waals surface area contributed by atoms with Gasteiger partial charge < -0.3 is 5.11 Å². The van der Waals surface area contributed by atoms with Crippen LogP contribution in [-0.2, 0) is 12.0 Å². The molecular weight excluding hydrogens is 253 g/mol. The van der Waals surface area contributed by atoms with E-state index in [1.165, 1.54) is 30.3 Å². The van der Waals surface area contributed by atoms with E-state index in [0.29, 0.717) is 17.5 Å². The number of aliphatic hydroxyl groups is 1. The molecule has 1 nitrogen and oxygen atoms in total. The minimum Gasteiger partial charge on any atom is -0.380 e. The van der Waals surface area contributed by atoms with Crippen LogP contribution in [0.5, 0.6) is 0 Å². The summed E-state index contributed by atoms with van der Waals surface area (Å²) in [6, 6.07) is 7.69. The van der Waals surface area contributed by atoms with Gasteiger partial charge in [-0.3, -0.25) is 0 Å². The van der Waals surface area contributed by atoms with Crippen molar-refractivity contribution < 1.29 is 18.3 Å². The fourth-order valence-electron chi connectivity index (χ4n) is 2.73. The molecule has 0 fully saturated rings. The Kier molecular flexibility index (Phi) is 2.64. The molecule has 0 radical (unpaired) electrons. The van der Waals surface area contributed by atoms with Crippen LogP contribution in [0, 0.1) is 17.5 Å². The van der Waals surface area contributed by atoms with Crippen LogP contribution in [0.4, 0.5) is 13.2 Å². The Morgan fingerprint density at radius 2 is 1.79 bits per heavy atom. The largest absolute Gasteiger partial charge is 0.380 e. The Labute approximate surface area is 108 Å². The van der Waals surface area contributed by atoms with E-state index in [4.69, 9.17) is 0 Å². The lowest BCUT2D eigenvalue weighted by atomic mass is 9.87. The van der Waals surface area contributed by atoms with Crippen molar-refractivity contribution in [3.63, 3.8) is 0 Å². The highest BCUT2D eigenvalue weighted by Gasteiger charge is 2.40. The standard InChI is InChI=1S/C15H11F3O/c16-10-4-5-11-9(8-10)6-7-15(11,19)12-2-1-3-13(17)14(12)18/h1-5,8,19H,6-7H2. The zero-order valence-electron chi connectivity index (χ0n) is 9.96. The highest BCUT2D eigenvalue weighted by atomic mass is 19.2. The predicted octanol–water partition coefficient (Wildman–Crippen LogP) is 3.29. The fraction of sp³-hybridized carbons (Fsp3) is 0.200. The zero-order chi connectivity index (χ0) is 13.6. The van der Waals surface area contributed by atoms with Crippen LogP contribution in [0.2, 0.25) is 0 Å². The third kappa shape index (κ3) is 1.75. The number of rotatable bonds is 1. The van der Waals surface area contributed by atoms with Gasteiger partial charge in [-0.05, 0) is 42.2 Å². The van der Waals surface area contributed by atoms with Gasteiger partial charge in [-0.15, -0.1) is 0 Å².